The molecule has 0 aliphatic rings. The van der Waals surface area contributed by atoms with Gasteiger partial charge in [-0.3, -0.25) is 4.79 Å². The van der Waals surface area contributed by atoms with E-state index in [1.807, 2.05) is 39.0 Å². The Morgan fingerprint density at radius 1 is 1.35 bits per heavy atom. The summed E-state index contributed by atoms with van der Waals surface area (Å²) in [5.41, 5.74) is 3.08. The third-order valence-electron chi connectivity index (χ3n) is 2.92. The molecule has 0 saturated heterocycles. The smallest absolute Gasteiger partial charge is 0.251 e. The van der Waals surface area contributed by atoms with Gasteiger partial charge in [0.2, 0.25) is 0 Å². The van der Waals surface area contributed by atoms with Crippen LogP contribution in [-0.4, -0.2) is 17.8 Å². The molecule has 3 heteroatoms. The van der Waals surface area contributed by atoms with Gasteiger partial charge in [-0.25, -0.2) is 0 Å². The number of nitrogens with one attached hydrogen (secondary N) is 1. The van der Waals surface area contributed by atoms with E-state index in [2.05, 4.69) is 5.32 Å². The van der Waals surface area contributed by atoms with Gasteiger partial charge in [-0.2, -0.15) is 0 Å². The predicted molar refractivity (Wildman–Crippen MR) is 72.8 cm³/mol. The highest BCUT2D eigenvalue weighted by atomic mass is 35.5. The van der Waals surface area contributed by atoms with E-state index >= 15 is 0 Å². The van der Waals surface area contributed by atoms with Crippen molar-refractivity contribution in [2.45, 2.75) is 39.7 Å². The Labute approximate surface area is 108 Å². The molecule has 1 amide bonds. The molecule has 1 aromatic carbocycles. The molecule has 0 aliphatic carbocycles. The molecule has 0 aliphatic heterocycles. The van der Waals surface area contributed by atoms with Crippen LogP contribution in [0.1, 0.15) is 41.3 Å². The van der Waals surface area contributed by atoms with Crippen LogP contribution in [0.15, 0.2) is 18.2 Å². The fourth-order valence-corrected chi connectivity index (χ4v) is 1.80. The zero-order chi connectivity index (χ0) is 12.8. The van der Waals surface area contributed by atoms with Gasteiger partial charge in [0.15, 0.2) is 0 Å². The quantitative estimate of drug-likeness (QED) is 0.801. The highest BCUT2D eigenvalue weighted by molar-refractivity contribution is 6.17. The zero-order valence-corrected chi connectivity index (χ0v) is 11.5. The number of alkyl halides is 1. The van der Waals surface area contributed by atoms with E-state index in [9.17, 15) is 4.79 Å². The summed E-state index contributed by atoms with van der Waals surface area (Å²) in [7, 11) is 0. The Balaban J connectivity index is 2.60. The number of benzene rings is 1. The van der Waals surface area contributed by atoms with E-state index in [1.165, 1.54) is 5.56 Å². The van der Waals surface area contributed by atoms with Crippen molar-refractivity contribution in [3.05, 3.63) is 34.9 Å². The van der Waals surface area contributed by atoms with Gasteiger partial charge >= 0.3 is 0 Å². The Bertz CT molecular complexity index is 390. The minimum Gasteiger partial charge on any atom is -0.350 e. The summed E-state index contributed by atoms with van der Waals surface area (Å²) in [6, 6.07) is 5.95. The van der Waals surface area contributed by atoms with Crippen molar-refractivity contribution in [1.82, 2.24) is 5.32 Å². The van der Waals surface area contributed by atoms with Gasteiger partial charge in [-0.05, 0) is 56.9 Å². The van der Waals surface area contributed by atoms with Crippen LogP contribution in [0.25, 0.3) is 0 Å². The Morgan fingerprint density at radius 3 is 2.65 bits per heavy atom. The van der Waals surface area contributed by atoms with Crippen LogP contribution < -0.4 is 5.32 Å². The number of hydrogen-bond acceptors (Lipinski definition) is 1. The molecule has 1 N–H and O–H groups in total. The molecule has 0 saturated carbocycles. The lowest BCUT2D eigenvalue weighted by Crippen LogP contribution is -2.32. The second-order valence-corrected chi connectivity index (χ2v) is 4.88. The van der Waals surface area contributed by atoms with Crippen LogP contribution in [0.2, 0.25) is 0 Å². The molecule has 1 atom stereocenters. The minimum absolute atomic E-state index is 0.00447. The molecule has 0 spiro atoms. The van der Waals surface area contributed by atoms with E-state index in [-0.39, 0.29) is 11.9 Å². The lowest BCUT2D eigenvalue weighted by molar-refractivity contribution is 0.0938. The van der Waals surface area contributed by atoms with Crippen molar-refractivity contribution < 1.29 is 4.79 Å². The molecule has 0 fully saturated rings. The van der Waals surface area contributed by atoms with Gasteiger partial charge in [-0.1, -0.05) is 6.07 Å². The van der Waals surface area contributed by atoms with Crippen LogP contribution in [0, 0.1) is 13.8 Å². The number of halogens is 1. The van der Waals surface area contributed by atoms with E-state index in [0.717, 1.165) is 24.0 Å². The molecule has 1 aromatic rings. The van der Waals surface area contributed by atoms with Gasteiger partial charge in [0, 0.05) is 17.5 Å². The molecule has 94 valence electrons. The summed E-state index contributed by atoms with van der Waals surface area (Å²) in [6.45, 7) is 6.06. The number of carbonyl (C=O) groups excluding carboxylic acids is 1. The summed E-state index contributed by atoms with van der Waals surface area (Å²) in [6.07, 6.45) is 1.84. The average molecular weight is 254 g/mol. The normalized spacial score (nSPS) is 12.2. The van der Waals surface area contributed by atoms with Crippen LogP contribution >= 0.6 is 11.6 Å². The molecule has 0 radical (unpaired) electrons. The zero-order valence-electron chi connectivity index (χ0n) is 10.7. The molecule has 0 heterocycles. The minimum atomic E-state index is -0.00447. The van der Waals surface area contributed by atoms with Gasteiger partial charge in [0.1, 0.15) is 0 Å². The van der Waals surface area contributed by atoms with Crippen molar-refractivity contribution in [1.29, 1.82) is 0 Å². The van der Waals surface area contributed by atoms with E-state index in [1.54, 1.807) is 0 Å². The van der Waals surface area contributed by atoms with Crippen LogP contribution in [0.3, 0.4) is 0 Å². The van der Waals surface area contributed by atoms with Crippen LogP contribution in [-0.2, 0) is 0 Å². The maximum atomic E-state index is 11.9. The van der Waals surface area contributed by atoms with Crippen LogP contribution in [0.5, 0.6) is 0 Å². The average Bonchev–Trinajstić information content (AvgIpc) is 2.30. The number of aryl methyl sites for hydroxylation is 2. The van der Waals surface area contributed by atoms with Gasteiger partial charge < -0.3 is 5.32 Å². The number of hydrogen-bond donors (Lipinski definition) is 1. The first-order valence-electron chi connectivity index (χ1n) is 5.98. The topological polar surface area (TPSA) is 29.1 Å². The molecule has 1 rings (SSSR count). The first-order chi connectivity index (χ1) is 8.04. The molecule has 0 bridgehead atoms. The second-order valence-electron chi connectivity index (χ2n) is 4.50. The lowest BCUT2D eigenvalue weighted by Gasteiger charge is -2.13. The monoisotopic (exact) mass is 253 g/mol. The summed E-state index contributed by atoms with van der Waals surface area (Å²) >= 11 is 5.62. The molecular weight excluding hydrogens is 234 g/mol. The number of carbonyl (C=O) groups is 1. The molecular formula is C14H20ClNO. The largest absolute Gasteiger partial charge is 0.350 e. The number of rotatable bonds is 5. The maximum absolute atomic E-state index is 11.9. The Hall–Kier alpha value is -1.02. The predicted octanol–water partition coefficient (Wildman–Crippen LogP) is 3.44. The Morgan fingerprint density at radius 2 is 2.06 bits per heavy atom. The third-order valence-corrected chi connectivity index (χ3v) is 3.18. The first-order valence-corrected chi connectivity index (χ1v) is 6.52. The molecule has 0 aromatic heterocycles. The van der Waals surface area contributed by atoms with Crippen molar-refractivity contribution in [3.63, 3.8) is 0 Å². The second kappa shape index (κ2) is 6.65. The van der Waals surface area contributed by atoms with Crippen molar-refractivity contribution >= 4 is 17.5 Å². The standard InChI is InChI=1S/C14H20ClNO/c1-10-6-7-13(9-11(10)2)14(17)16-12(3)5-4-8-15/h6-7,9,12H,4-5,8H2,1-3H3,(H,16,17). The highest BCUT2D eigenvalue weighted by Gasteiger charge is 2.09. The summed E-state index contributed by atoms with van der Waals surface area (Å²) in [5, 5.41) is 2.98. The SMILES string of the molecule is Cc1ccc(C(=O)NC(C)CCCCl)cc1C. The highest BCUT2D eigenvalue weighted by Crippen LogP contribution is 2.10. The summed E-state index contributed by atoms with van der Waals surface area (Å²) in [4.78, 5) is 11.9. The lowest BCUT2D eigenvalue weighted by atomic mass is 10.1. The third kappa shape index (κ3) is 4.39. The van der Waals surface area contributed by atoms with E-state index in [4.69, 9.17) is 11.6 Å². The van der Waals surface area contributed by atoms with E-state index in [0.29, 0.717) is 5.88 Å². The van der Waals surface area contributed by atoms with Gasteiger partial charge in [0.25, 0.3) is 5.91 Å². The fourth-order valence-electron chi connectivity index (χ4n) is 1.65. The van der Waals surface area contributed by atoms with Gasteiger partial charge in [0.05, 0.1) is 0 Å². The molecule has 1 unspecified atom stereocenters. The Kier molecular flexibility index (Phi) is 5.49. The fraction of sp³-hybridized carbons (Fsp3) is 0.500. The van der Waals surface area contributed by atoms with Crippen LogP contribution in [0.4, 0.5) is 0 Å². The van der Waals surface area contributed by atoms with Gasteiger partial charge in [-0.15, -0.1) is 11.6 Å². The van der Waals surface area contributed by atoms with Crippen molar-refractivity contribution in [2.24, 2.45) is 0 Å². The summed E-state index contributed by atoms with van der Waals surface area (Å²) in [5.74, 6) is 0.638. The summed E-state index contributed by atoms with van der Waals surface area (Å²) < 4.78 is 0. The maximum Gasteiger partial charge on any atom is 0.251 e. The number of amides is 1. The molecule has 2 nitrogen and oxygen atoms in total. The van der Waals surface area contributed by atoms with E-state index < -0.39 is 0 Å². The van der Waals surface area contributed by atoms with Crippen molar-refractivity contribution in [2.75, 3.05) is 5.88 Å². The molecule has 17 heavy (non-hydrogen) atoms. The first kappa shape index (κ1) is 14.0. The van der Waals surface area contributed by atoms with Crippen molar-refractivity contribution in [3.8, 4) is 0 Å².